The minimum Gasteiger partial charge on any atom is -0.383 e. The number of aryl methyl sites for hydroxylation is 1. The summed E-state index contributed by atoms with van der Waals surface area (Å²) in [6.45, 7) is 6.06. The van der Waals surface area contributed by atoms with Crippen LogP contribution in [0.1, 0.15) is 43.7 Å². The zero-order valence-corrected chi connectivity index (χ0v) is 16.2. The number of hydrogen-bond acceptors (Lipinski definition) is 6. The molecule has 1 aliphatic carbocycles. The fraction of sp³-hybridized carbons (Fsp3) is 0.350. The summed E-state index contributed by atoms with van der Waals surface area (Å²) in [5.74, 6) is 0.572. The average molecular weight is 369 g/mol. The smallest absolute Gasteiger partial charge is 0.227 e. The van der Waals surface area contributed by atoms with Crippen molar-refractivity contribution in [2.45, 2.75) is 45.6 Å². The van der Waals surface area contributed by atoms with Crippen LogP contribution in [-0.2, 0) is 5.60 Å². The molecule has 1 aromatic carbocycles. The Morgan fingerprint density at radius 2 is 1.81 bits per heavy atom. The van der Waals surface area contributed by atoms with Crippen LogP contribution in [0.4, 0.5) is 11.6 Å². The van der Waals surface area contributed by atoms with Crippen LogP contribution in [-0.4, -0.2) is 20.1 Å². The number of anilines is 2. The van der Waals surface area contributed by atoms with Gasteiger partial charge >= 0.3 is 0 Å². The third kappa shape index (κ3) is 3.92. The molecule has 0 radical (unpaired) electrons. The van der Waals surface area contributed by atoms with Crippen molar-refractivity contribution in [3.05, 3.63) is 53.4 Å². The number of hydrogen-bond donors (Lipinski definition) is 2. The molecule has 5 nitrogen and oxygen atoms in total. The number of nitrogens with one attached hydrogen (secondary N) is 1. The molecule has 26 heavy (non-hydrogen) atoms. The van der Waals surface area contributed by atoms with E-state index in [2.05, 4.69) is 45.4 Å². The maximum absolute atomic E-state index is 10.5. The fourth-order valence-electron chi connectivity index (χ4n) is 2.84. The zero-order chi connectivity index (χ0) is 18.6. The van der Waals surface area contributed by atoms with E-state index in [-0.39, 0.29) is 0 Å². The van der Waals surface area contributed by atoms with Crippen molar-refractivity contribution in [3.63, 3.8) is 0 Å². The van der Waals surface area contributed by atoms with Gasteiger partial charge in [0.05, 0.1) is 4.88 Å². The van der Waals surface area contributed by atoms with E-state index in [4.69, 9.17) is 0 Å². The van der Waals surface area contributed by atoms with E-state index in [1.807, 2.05) is 20.0 Å². The molecule has 136 valence electrons. The summed E-state index contributed by atoms with van der Waals surface area (Å²) in [4.78, 5) is 13.9. The molecule has 2 aromatic heterocycles. The Hall–Kier alpha value is -2.31. The summed E-state index contributed by atoms with van der Waals surface area (Å²) in [7, 11) is 0. The average Bonchev–Trinajstić information content (AvgIpc) is 3.12. The third-order valence-electron chi connectivity index (χ3n) is 4.27. The molecule has 0 bridgehead atoms. The van der Waals surface area contributed by atoms with Crippen LogP contribution in [0.3, 0.4) is 0 Å². The number of thiazole rings is 1. The van der Waals surface area contributed by atoms with Crippen molar-refractivity contribution in [1.29, 1.82) is 0 Å². The number of nitrogens with zero attached hydrogens (tertiary/aromatic N) is 3. The standard InChI is InChI=1S/C18H18N4OS.C2H6/c1-12-8-13(10-14(9-12)22-17-19-6-3-7-20-17)15-11-21-16(24-15)18(23)4-2-5-18;1-2/h3,6-11,23H,2,4-5H2,1H3,(H,19,20,22);1-2H3. The van der Waals surface area contributed by atoms with E-state index in [1.54, 1.807) is 29.8 Å². The monoisotopic (exact) mass is 368 g/mol. The molecule has 1 saturated carbocycles. The molecule has 0 saturated heterocycles. The van der Waals surface area contributed by atoms with Gasteiger partial charge in [-0.25, -0.2) is 15.0 Å². The zero-order valence-electron chi connectivity index (χ0n) is 15.4. The second-order valence-electron chi connectivity index (χ2n) is 6.20. The first-order valence-corrected chi connectivity index (χ1v) is 9.79. The quantitative estimate of drug-likeness (QED) is 0.674. The first-order chi connectivity index (χ1) is 12.6. The third-order valence-corrected chi connectivity index (χ3v) is 5.51. The molecule has 1 fully saturated rings. The summed E-state index contributed by atoms with van der Waals surface area (Å²) in [5.41, 5.74) is 2.46. The first kappa shape index (κ1) is 18.5. The molecular weight excluding hydrogens is 344 g/mol. The Morgan fingerprint density at radius 3 is 2.46 bits per heavy atom. The molecule has 0 spiro atoms. The van der Waals surface area contributed by atoms with E-state index in [0.29, 0.717) is 5.95 Å². The largest absolute Gasteiger partial charge is 0.383 e. The Morgan fingerprint density at radius 1 is 1.08 bits per heavy atom. The van der Waals surface area contributed by atoms with E-state index < -0.39 is 5.60 Å². The highest BCUT2D eigenvalue weighted by atomic mass is 32.1. The Labute approximate surface area is 158 Å². The maximum Gasteiger partial charge on any atom is 0.227 e. The molecule has 6 heteroatoms. The lowest BCUT2D eigenvalue weighted by Crippen LogP contribution is -2.33. The minimum absolute atomic E-state index is 0.572. The molecule has 2 N–H and O–H groups in total. The fourth-order valence-corrected chi connectivity index (χ4v) is 3.89. The van der Waals surface area contributed by atoms with Crippen LogP contribution in [0.2, 0.25) is 0 Å². The lowest BCUT2D eigenvalue weighted by atomic mass is 9.81. The van der Waals surface area contributed by atoms with Gasteiger partial charge in [-0.2, -0.15) is 0 Å². The van der Waals surface area contributed by atoms with Crippen LogP contribution in [0.5, 0.6) is 0 Å². The molecule has 1 aliphatic rings. The summed E-state index contributed by atoms with van der Waals surface area (Å²) in [5, 5.41) is 14.5. The van der Waals surface area contributed by atoms with Gasteiger partial charge in [-0.05, 0) is 55.5 Å². The van der Waals surface area contributed by atoms with Crippen molar-refractivity contribution in [3.8, 4) is 10.4 Å². The lowest BCUT2D eigenvalue weighted by Gasteiger charge is -2.34. The van der Waals surface area contributed by atoms with Crippen LogP contribution in [0.15, 0.2) is 42.9 Å². The molecule has 4 rings (SSSR count). The highest BCUT2D eigenvalue weighted by Gasteiger charge is 2.39. The predicted octanol–water partition coefficient (Wildman–Crippen LogP) is 5.05. The molecule has 0 atom stereocenters. The highest BCUT2D eigenvalue weighted by Crippen LogP contribution is 2.44. The Balaban J connectivity index is 0.000000948. The highest BCUT2D eigenvalue weighted by molar-refractivity contribution is 7.15. The Kier molecular flexibility index (Phi) is 5.64. The maximum atomic E-state index is 10.5. The van der Waals surface area contributed by atoms with Crippen LogP contribution < -0.4 is 5.32 Å². The van der Waals surface area contributed by atoms with Crippen molar-refractivity contribution in [2.24, 2.45) is 0 Å². The summed E-state index contributed by atoms with van der Waals surface area (Å²) < 4.78 is 0. The van der Waals surface area contributed by atoms with Gasteiger partial charge in [0.15, 0.2) is 0 Å². The number of benzene rings is 1. The van der Waals surface area contributed by atoms with Crippen LogP contribution in [0, 0.1) is 6.92 Å². The summed E-state index contributed by atoms with van der Waals surface area (Å²) in [6, 6.07) is 8.03. The SMILES string of the molecule is CC.Cc1cc(Nc2ncccn2)cc(-c2cnc(C3(O)CCC3)s2)c1. The van der Waals surface area contributed by atoms with Gasteiger partial charge in [0.1, 0.15) is 10.6 Å². The van der Waals surface area contributed by atoms with Gasteiger partial charge < -0.3 is 10.4 Å². The van der Waals surface area contributed by atoms with E-state index >= 15 is 0 Å². The van der Waals surface area contributed by atoms with E-state index in [0.717, 1.165) is 46.0 Å². The van der Waals surface area contributed by atoms with Crippen molar-refractivity contribution < 1.29 is 5.11 Å². The van der Waals surface area contributed by atoms with E-state index in [1.165, 1.54) is 0 Å². The van der Waals surface area contributed by atoms with Gasteiger partial charge in [0, 0.05) is 24.3 Å². The molecule has 0 aliphatic heterocycles. The molecule has 0 unspecified atom stereocenters. The van der Waals surface area contributed by atoms with Crippen molar-refractivity contribution >= 4 is 23.0 Å². The van der Waals surface area contributed by atoms with E-state index in [9.17, 15) is 5.11 Å². The molecule has 2 heterocycles. The minimum atomic E-state index is -0.703. The number of rotatable bonds is 4. The number of aliphatic hydroxyl groups is 1. The summed E-state index contributed by atoms with van der Waals surface area (Å²) >= 11 is 1.57. The topological polar surface area (TPSA) is 70.9 Å². The number of aromatic nitrogens is 3. The molecule has 3 aromatic rings. The first-order valence-electron chi connectivity index (χ1n) is 8.97. The lowest BCUT2D eigenvalue weighted by molar-refractivity contribution is -0.0389. The van der Waals surface area contributed by atoms with Crippen LogP contribution in [0.25, 0.3) is 10.4 Å². The second kappa shape index (κ2) is 7.93. The van der Waals surface area contributed by atoms with Gasteiger partial charge in [-0.3, -0.25) is 0 Å². The normalized spacial score (nSPS) is 14.8. The van der Waals surface area contributed by atoms with Gasteiger partial charge in [0.25, 0.3) is 0 Å². The van der Waals surface area contributed by atoms with Crippen molar-refractivity contribution in [2.75, 3.05) is 5.32 Å². The Bertz CT molecular complexity index is 859. The van der Waals surface area contributed by atoms with Gasteiger partial charge in [0.2, 0.25) is 5.95 Å². The van der Waals surface area contributed by atoms with Gasteiger partial charge in [-0.15, -0.1) is 11.3 Å². The second-order valence-corrected chi connectivity index (χ2v) is 7.23. The van der Waals surface area contributed by atoms with Gasteiger partial charge in [-0.1, -0.05) is 19.9 Å². The molecule has 0 amide bonds. The molecular formula is C20H24N4OS. The van der Waals surface area contributed by atoms with Crippen molar-refractivity contribution in [1.82, 2.24) is 15.0 Å². The van der Waals surface area contributed by atoms with Crippen LogP contribution >= 0.6 is 11.3 Å². The summed E-state index contributed by atoms with van der Waals surface area (Å²) in [6.07, 6.45) is 7.97. The predicted molar refractivity (Wildman–Crippen MR) is 107 cm³/mol.